The van der Waals surface area contributed by atoms with Crippen molar-refractivity contribution in [2.45, 2.75) is 20.3 Å². The van der Waals surface area contributed by atoms with Crippen LogP contribution in [0.4, 0.5) is 5.13 Å². The first-order chi connectivity index (χ1) is 10.1. The number of anilines is 1. The number of hydrogen-bond acceptors (Lipinski definition) is 5. The lowest BCUT2D eigenvalue weighted by Crippen LogP contribution is -2.09. The van der Waals surface area contributed by atoms with Crippen molar-refractivity contribution >= 4 is 43.8 Å². The predicted molar refractivity (Wildman–Crippen MR) is 88.2 cm³/mol. The molecule has 0 aliphatic heterocycles. The van der Waals surface area contributed by atoms with E-state index < -0.39 is 0 Å². The molecule has 1 amide bonds. The van der Waals surface area contributed by atoms with Crippen LogP contribution in [0.2, 0.25) is 0 Å². The van der Waals surface area contributed by atoms with Crippen LogP contribution in [0.15, 0.2) is 30.3 Å². The van der Waals surface area contributed by atoms with Crippen LogP contribution in [0.1, 0.15) is 28.5 Å². The lowest BCUT2D eigenvalue weighted by Gasteiger charge is -1.98. The zero-order valence-corrected chi connectivity index (χ0v) is 13.4. The van der Waals surface area contributed by atoms with Crippen molar-refractivity contribution in [3.05, 3.63) is 40.2 Å². The SMILES string of the molecule is CC(C)Cc1nnc(NC(=O)c2cc3ccccc3s2)s1. The molecular weight excluding hydrogens is 302 g/mol. The van der Waals surface area contributed by atoms with E-state index >= 15 is 0 Å². The number of benzene rings is 1. The zero-order chi connectivity index (χ0) is 14.8. The molecule has 0 unspecified atom stereocenters. The largest absolute Gasteiger partial charge is 0.296 e. The van der Waals surface area contributed by atoms with E-state index in [1.165, 1.54) is 22.7 Å². The number of nitrogens with one attached hydrogen (secondary N) is 1. The van der Waals surface area contributed by atoms with Gasteiger partial charge in [0, 0.05) is 11.1 Å². The molecule has 0 atom stereocenters. The summed E-state index contributed by atoms with van der Waals surface area (Å²) in [5.41, 5.74) is 0. The number of carbonyl (C=O) groups excluding carboxylic acids is 1. The maximum Gasteiger partial charge on any atom is 0.267 e. The Morgan fingerprint density at radius 3 is 2.81 bits per heavy atom. The van der Waals surface area contributed by atoms with Gasteiger partial charge in [-0.2, -0.15) is 0 Å². The van der Waals surface area contributed by atoms with Gasteiger partial charge in [0.2, 0.25) is 5.13 Å². The smallest absolute Gasteiger partial charge is 0.267 e. The van der Waals surface area contributed by atoms with Crippen LogP contribution >= 0.6 is 22.7 Å². The van der Waals surface area contributed by atoms with E-state index in [0.29, 0.717) is 15.9 Å². The molecule has 0 fully saturated rings. The maximum atomic E-state index is 12.3. The summed E-state index contributed by atoms with van der Waals surface area (Å²) in [5.74, 6) is 0.410. The molecule has 0 saturated heterocycles. The second-order valence-electron chi connectivity index (χ2n) is 5.20. The average Bonchev–Trinajstić information content (AvgIpc) is 3.04. The molecule has 1 aromatic carbocycles. The molecule has 3 aromatic rings. The van der Waals surface area contributed by atoms with Crippen LogP contribution in [0.3, 0.4) is 0 Å². The van der Waals surface area contributed by atoms with E-state index in [1.807, 2.05) is 30.3 Å². The topological polar surface area (TPSA) is 54.9 Å². The molecule has 1 N–H and O–H groups in total. The molecule has 0 aliphatic rings. The van der Waals surface area contributed by atoms with Crippen LogP contribution < -0.4 is 5.32 Å². The van der Waals surface area contributed by atoms with Gasteiger partial charge in [-0.1, -0.05) is 43.4 Å². The first-order valence-electron chi connectivity index (χ1n) is 6.74. The second-order valence-corrected chi connectivity index (χ2v) is 7.35. The molecule has 4 nitrogen and oxygen atoms in total. The average molecular weight is 317 g/mol. The predicted octanol–water partition coefficient (Wildman–Crippen LogP) is 4.20. The fraction of sp³-hybridized carbons (Fsp3) is 0.267. The van der Waals surface area contributed by atoms with Gasteiger partial charge in [0.15, 0.2) is 0 Å². The zero-order valence-electron chi connectivity index (χ0n) is 11.8. The number of hydrogen-bond donors (Lipinski definition) is 1. The number of rotatable bonds is 4. The first-order valence-corrected chi connectivity index (χ1v) is 8.37. The molecule has 2 heterocycles. The standard InChI is InChI=1S/C15H15N3OS2/c1-9(2)7-13-17-18-15(21-13)16-14(19)12-8-10-5-3-4-6-11(10)20-12/h3-6,8-9H,7H2,1-2H3,(H,16,18,19). The summed E-state index contributed by atoms with van der Waals surface area (Å²) in [5, 5.41) is 13.6. The van der Waals surface area contributed by atoms with Crippen molar-refractivity contribution in [2.24, 2.45) is 5.92 Å². The third-order valence-corrected chi connectivity index (χ3v) is 4.90. The highest BCUT2D eigenvalue weighted by Crippen LogP contribution is 2.26. The third-order valence-electron chi connectivity index (χ3n) is 2.92. The Morgan fingerprint density at radius 1 is 1.24 bits per heavy atom. The Kier molecular flexibility index (Phi) is 3.98. The molecule has 0 aliphatic carbocycles. The normalized spacial score (nSPS) is 11.2. The number of thiophene rings is 1. The molecule has 3 rings (SSSR count). The van der Waals surface area contributed by atoms with Gasteiger partial charge in [0.1, 0.15) is 5.01 Å². The van der Waals surface area contributed by atoms with Crippen molar-refractivity contribution in [1.29, 1.82) is 0 Å². The highest BCUT2D eigenvalue weighted by atomic mass is 32.1. The van der Waals surface area contributed by atoms with Gasteiger partial charge < -0.3 is 0 Å². The van der Waals surface area contributed by atoms with E-state index in [4.69, 9.17) is 0 Å². The van der Waals surface area contributed by atoms with Gasteiger partial charge in [-0.05, 0) is 23.4 Å². The van der Waals surface area contributed by atoms with Crippen molar-refractivity contribution < 1.29 is 4.79 Å². The van der Waals surface area contributed by atoms with Crippen molar-refractivity contribution in [3.63, 3.8) is 0 Å². The fourth-order valence-electron chi connectivity index (χ4n) is 1.99. The van der Waals surface area contributed by atoms with Gasteiger partial charge in [-0.15, -0.1) is 21.5 Å². The van der Waals surface area contributed by atoms with E-state index in [9.17, 15) is 4.79 Å². The van der Waals surface area contributed by atoms with Gasteiger partial charge in [0.25, 0.3) is 5.91 Å². The molecule has 2 aromatic heterocycles. The summed E-state index contributed by atoms with van der Waals surface area (Å²) in [7, 11) is 0. The Morgan fingerprint density at radius 2 is 2.05 bits per heavy atom. The third kappa shape index (κ3) is 3.28. The van der Waals surface area contributed by atoms with E-state index in [2.05, 4.69) is 29.4 Å². The Hall–Kier alpha value is -1.79. The highest BCUT2D eigenvalue weighted by molar-refractivity contribution is 7.21. The lowest BCUT2D eigenvalue weighted by atomic mass is 10.1. The monoisotopic (exact) mass is 317 g/mol. The Labute approximate surface area is 130 Å². The van der Waals surface area contributed by atoms with Crippen LogP contribution in [-0.2, 0) is 6.42 Å². The second kappa shape index (κ2) is 5.91. The van der Waals surface area contributed by atoms with Gasteiger partial charge in [0.05, 0.1) is 4.88 Å². The lowest BCUT2D eigenvalue weighted by molar-refractivity contribution is 0.103. The summed E-state index contributed by atoms with van der Waals surface area (Å²) in [6.45, 7) is 4.27. The van der Waals surface area contributed by atoms with E-state index in [-0.39, 0.29) is 5.91 Å². The molecule has 108 valence electrons. The minimum Gasteiger partial charge on any atom is -0.296 e. The molecule has 0 saturated carbocycles. The molecule has 21 heavy (non-hydrogen) atoms. The van der Waals surface area contributed by atoms with Gasteiger partial charge >= 0.3 is 0 Å². The number of nitrogens with zero attached hydrogens (tertiary/aromatic N) is 2. The minimum atomic E-state index is -0.122. The fourth-order valence-corrected chi connectivity index (χ4v) is 3.89. The van der Waals surface area contributed by atoms with E-state index in [0.717, 1.165) is 21.5 Å². The summed E-state index contributed by atoms with van der Waals surface area (Å²) in [4.78, 5) is 12.9. The van der Waals surface area contributed by atoms with Crippen molar-refractivity contribution in [2.75, 3.05) is 5.32 Å². The van der Waals surface area contributed by atoms with Crippen LogP contribution in [0.25, 0.3) is 10.1 Å². The Balaban J connectivity index is 1.75. The van der Waals surface area contributed by atoms with Gasteiger partial charge in [-0.25, -0.2) is 0 Å². The van der Waals surface area contributed by atoms with Crippen LogP contribution in [0.5, 0.6) is 0 Å². The number of fused-ring (bicyclic) bond motifs is 1. The van der Waals surface area contributed by atoms with Crippen molar-refractivity contribution in [1.82, 2.24) is 10.2 Å². The van der Waals surface area contributed by atoms with Crippen LogP contribution in [0, 0.1) is 5.92 Å². The highest BCUT2D eigenvalue weighted by Gasteiger charge is 2.13. The van der Waals surface area contributed by atoms with E-state index in [1.54, 1.807) is 0 Å². The summed E-state index contributed by atoms with van der Waals surface area (Å²) in [6.07, 6.45) is 0.885. The number of aromatic nitrogens is 2. The quantitative estimate of drug-likeness (QED) is 0.784. The molecular formula is C15H15N3OS2. The Bertz CT molecular complexity index is 743. The summed E-state index contributed by atoms with van der Waals surface area (Å²) in [6, 6.07) is 9.88. The molecule has 0 spiro atoms. The van der Waals surface area contributed by atoms with Crippen molar-refractivity contribution in [3.8, 4) is 0 Å². The summed E-state index contributed by atoms with van der Waals surface area (Å²) >= 11 is 2.93. The van der Waals surface area contributed by atoms with Crippen LogP contribution in [-0.4, -0.2) is 16.1 Å². The molecule has 0 bridgehead atoms. The first kappa shape index (κ1) is 14.2. The maximum absolute atomic E-state index is 12.3. The summed E-state index contributed by atoms with van der Waals surface area (Å²) < 4.78 is 1.11. The number of carbonyl (C=O) groups is 1. The number of amides is 1. The molecule has 0 radical (unpaired) electrons. The minimum absolute atomic E-state index is 0.122. The van der Waals surface area contributed by atoms with Gasteiger partial charge in [-0.3, -0.25) is 10.1 Å². The molecule has 6 heteroatoms.